The second-order valence-electron chi connectivity index (χ2n) is 6.53. The first kappa shape index (κ1) is 16.9. The van der Waals surface area contributed by atoms with Crippen molar-refractivity contribution in [3.05, 3.63) is 45.2 Å². The summed E-state index contributed by atoms with van der Waals surface area (Å²) >= 11 is 12.2. The second kappa shape index (κ2) is 6.63. The molecule has 0 radical (unpaired) electrons. The van der Waals surface area contributed by atoms with Gasteiger partial charge in [0.2, 0.25) is 0 Å². The molecule has 7 heteroatoms. The fourth-order valence-electron chi connectivity index (χ4n) is 3.22. The lowest BCUT2D eigenvalue weighted by molar-refractivity contribution is 0.0301. The lowest BCUT2D eigenvalue weighted by Gasteiger charge is -2.27. The Morgan fingerprint density at radius 2 is 1.92 bits per heavy atom. The third-order valence-corrected chi connectivity index (χ3v) is 5.51. The summed E-state index contributed by atoms with van der Waals surface area (Å²) in [5.74, 6) is 0.428. The van der Waals surface area contributed by atoms with Gasteiger partial charge in [0.05, 0.1) is 45.9 Å². The summed E-state index contributed by atoms with van der Waals surface area (Å²) in [5.41, 5.74) is 3.29. The Morgan fingerprint density at radius 3 is 2.56 bits per heavy atom. The molecular weight excluding hydrogens is 361 g/mol. The first-order chi connectivity index (χ1) is 12.1. The molecule has 25 heavy (non-hydrogen) atoms. The number of nitrogens with zero attached hydrogens (tertiary/aromatic N) is 3. The number of carbonyl (C=O) groups excluding carboxylic acids is 1. The number of hydrogen-bond acceptors (Lipinski definition) is 3. The quantitative estimate of drug-likeness (QED) is 0.813. The zero-order valence-electron chi connectivity index (χ0n) is 14.0. The molecule has 1 saturated heterocycles. The summed E-state index contributed by atoms with van der Waals surface area (Å²) in [7, 11) is 0. The number of rotatable bonds is 3. The van der Waals surface area contributed by atoms with Crippen LogP contribution in [-0.4, -0.2) is 46.9 Å². The fraction of sp³-hybridized carbons (Fsp3) is 0.444. The Balaban J connectivity index is 1.77. The van der Waals surface area contributed by atoms with E-state index < -0.39 is 0 Å². The molecule has 0 unspecified atom stereocenters. The van der Waals surface area contributed by atoms with Gasteiger partial charge in [0.15, 0.2) is 0 Å². The minimum atomic E-state index is 0.0500. The highest BCUT2D eigenvalue weighted by molar-refractivity contribution is 6.42. The van der Waals surface area contributed by atoms with Crippen LogP contribution >= 0.6 is 23.2 Å². The monoisotopic (exact) mass is 379 g/mol. The number of morpholine rings is 1. The van der Waals surface area contributed by atoms with Gasteiger partial charge in [-0.15, -0.1) is 0 Å². The lowest BCUT2D eigenvalue weighted by atomic mass is 10.1. The van der Waals surface area contributed by atoms with Crippen molar-refractivity contribution in [3.8, 4) is 5.69 Å². The van der Waals surface area contributed by atoms with Crippen molar-refractivity contribution < 1.29 is 9.53 Å². The number of ether oxygens (including phenoxy) is 1. The van der Waals surface area contributed by atoms with Crippen LogP contribution in [0.25, 0.3) is 5.69 Å². The van der Waals surface area contributed by atoms with Crippen molar-refractivity contribution >= 4 is 29.1 Å². The SMILES string of the molecule is Cc1c(C(=O)N2CCOCC2)c(C2CC2)nn1-c1ccc(Cl)c(Cl)c1. The van der Waals surface area contributed by atoms with E-state index in [2.05, 4.69) is 0 Å². The average molecular weight is 380 g/mol. The van der Waals surface area contributed by atoms with Crippen molar-refractivity contribution in [1.29, 1.82) is 0 Å². The number of benzene rings is 1. The zero-order chi connectivity index (χ0) is 17.6. The van der Waals surface area contributed by atoms with Gasteiger partial charge in [-0.3, -0.25) is 4.79 Å². The number of carbonyl (C=O) groups is 1. The molecule has 0 bridgehead atoms. The van der Waals surface area contributed by atoms with E-state index in [1.54, 1.807) is 12.1 Å². The molecule has 1 aromatic carbocycles. The Kier molecular flexibility index (Phi) is 4.48. The van der Waals surface area contributed by atoms with E-state index in [0.717, 1.165) is 35.5 Å². The summed E-state index contributed by atoms with van der Waals surface area (Å²) in [5, 5.41) is 5.74. The molecule has 1 aliphatic heterocycles. The number of amides is 1. The van der Waals surface area contributed by atoms with Gasteiger partial charge in [-0.2, -0.15) is 5.10 Å². The van der Waals surface area contributed by atoms with Crippen molar-refractivity contribution in [3.63, 3.8) is 0 Å². The van der Waals surface area contributed by atoms with Crippen molar-refractivity contribution in [2.24, 2.45) is 0 Å². The van der Waals surface area contributed by atoms with Crippen LogP contribution in [0.4, 0.5) is 0 Å². The van der Waals surface area contributed by atoms with Gasteiger partial charge in [-0.1, -0.05) is 23.2 Å². The molecular formula is C18H19Cl2N3O2. The van der Waals surface area contributed by atoms with E-state index in [9.17, 15) is 4.79 Å². The molecule has 0 N–H and O–H groups in total. The van der Waals surface area contributed by atoms with Gasteiger partial charge in [-0.05, 0) is 38.0 Å². The van der Waals surface area contributed by atoms with Gasteiger partial charge in [0, 0.05) is 19.0 Å². The summed E-state index contributed by atoms with van der Waals surface area (Å²) in [6, 6.07) is 5.40. The Labute approximate surface area is 156 Å². The smallest absolute Gasteiger partial charge is 0.257 e. The first-order valence-corrected chi connectivity index (χ1v) is 9.24. The van der Waals surface area contributed by atoms with E-state index in [4.69, 9.17) is 33.0 Å². The molecule has 2 aliphatic rings. The summed E-state index contributed by atoms with van der Waals surface area (Å²) in [4.78, 5) is 15.0. The molecule has 132 valence electrons. The maximum absolute atomic E-state index is 13.1. The van der Waals surface area contributed by atoms with Crippen LogP contribution in [0.2, 0.25) is 10.0 Å². The molecule has 0 atom stereocenters. The lowest BCUT2D eigenvalue weighted by Crippen LogP contribution is -2.41. The molecule has 1 aliphatic carbocycles. The van der Waals surface area contributed by atoms with Crippen molar-refractivity contribution in [2.45, 2.75) is 25.7 Å². The minimum Gasteiger partial charge on any atom is -0.378 e. The largest absolute Gasteiger partial charge is 0.378 e. The zero-order valence-corrected chi connectivity index (χ0v) is 15.5. The first-order valence-electron chi connectivity index (χ1n) is 8.48. The highest BCUT2D eigenvalue weighted by atomic mass is 35.5. The van der Waals surface area contributed by atoms with E-state index in [-0.39, 0.29) is 5.91 Å². The van der Waals surface area contributed by atoms with Gasteiger partial charge in [0.1, 0.15) is 0 Å². The Bertz CT molecular complexity index is 824. The summed E-state index contributed by atoms with van der Waals surface area (Å²) in [6.45, 7) is 4.37. The third-order valence-electron chi connectivity index (χ3n) is 4.77. The molecule has 0 spiro atoms. The molecule has 1 aromatic heterocycles. The molecule has 2 aromatic rings. The fourth-order valence-corrected chi connectivity index (χ4v) is 3.52. The molecule has 1 saturated carbocycles. The van der Waals surface area contributed by atoms with Crippen LogP contribution < -0.4 is 0 Å². The van der Waals surface area contributed by atoms with Crippen LogP contribution in [0.1, 0.15) is 40.5 Å². The number of halogens is 2. The minimum absolute atomic E-state index is 0.0500. The Morgan fingerprint density at radius 1 is 1.20 bits per heavy atom. The highest BCUT2D eigenvalue weighted by Gasteiger charge is 2.35. The predicted molar refractivity (Wildman–Crippen MR) is 97.0 cm³/mol. The van der Waals surface area contributed by atoms with Crippen molar-refractivity contribution in [2.75, 3.05) is 26.3 Å². The van der Waals surface area contributed by atoms with Crippen LogP contribution in [0.15, 0.2) is 18.2 Å². The van der Waals surface area contributed by atoms with Crippen LogP contribution in [-0.2, 0) is 4.74 Å². The van der Waals surface area contributed by atoms with E-state index in [0.29, 0.717) is 42.3 Å². The maximum atomic E-state index is 13.1. The standard InChI is InChI=1S/C18H19Cl2N3O2/c1-11-16(18(24)22-6-8-25-9-7-22)17(12-2-3-12)21-23(11)13-4-5-14(19)15(20)10-13/h4-5,10,12H,2-3,6-9H2,1H3. The highest BCUT2D eigenvalue weighted by Crippen LogP contribution is 2.42. The third kappa shape index (κ3) is 3.16. The summed E-state index contributed by atoms with van der Waals surface area (Å²) in [6.07, 6.45) is 2.17. The van der Waals surface area contributed by atoms with Crippen LogP contribution in [0, 0.1) is 6.92 Å². The topological polar surface area (TPSA) is 47.4 Å². The Hall–Kier alpha value is -1.56. The number of hydrogen-bond donors (Lipinski definition) is 0. The maximum Gasteiger partial charge on any atom is 0.257 e. The van der Waals surface area contributed by atoms with E-state index in [1.807, 2.05) is 22.6 Å². The van der Waals surface area contributed by atoms with Gasteiger partial charge >= 0.3 is 0 Å². The van der Waals surface area contributed by atoms with E-state index in [1.165, 1.54) is 0 Å². The van der Waals surface area contributed by atoms with Crippen LogP contribution in [0.3, 0.4) is 0 Å². The van der Waals surface area contributed by atoms with Crippen molar-refractivity contribution in [1.82, 2.24) is 14.7 Å². The molecule has 5 nitrogen and oxygen atoms in total. The molecule has 2 heterocycles. The molecule has 1 amide bonds. The second-order valence-corrected chi connectivity index (χ2v) is 7.35. The predicted octanol–water partition coefficient (Wildman–Crippen LogP) is 3.84. The average Bonchev–Trinajstić information content (AvgIpc) is 3.41. The number of aromatic nitrogens is 2. The van der Waals surface area contributed by atoms with Gasteiger partial charge in [0.25, 0.3) is 5.91 Å². The molecule has 4 rings (SSSR count). The van der Waals surface area contributed by atoms with Crippen LogP contribution in [0.5, 0.6) is 0 Å². The molecule has 2 fully saturated rings. The van der Waals surface area contributed by atoms with Gasteiger partial charge < -0.3 is 9.64 Å². The summed E-state index contributed by atoms with van der Waals surface area (Å²) < 4.78 is 7.17. The normalized spacial score (nSPS) is 17.8. The van der Waals surface area contributed by atoms with E-state index >= 15 is 0 Å². The van der Waals surface area contributed by atoms with Gasteiger partial charge in [-0.25, -0.2) is 4.68 Å².